The van der Waals surface area contributed by atoms with Gasteiger partial charge in [-0.25, -0.2) is 0 Å². The predicted octanol–water partition coefficient (Wildman–Crippen LogP) is 7.58. The second-order valence-corrected chi connectivity index (χ2v) is 10.3. The van der Waals surface area contributed by atoms with E-state index in [0.717, 1.165) is 27.4 Å². The van der Waals surface area contributed by atoms with E-state index >= 15 is 0 Å². The van der Waals surface area contributed by atoms with E-state index in [9.17, 15) is 0 Å². The van der Waals surface area contributed by atoms with Crippen molar-refractivity contribution in [1.82, 2.24) is 4.98 Å². The fourth-order valence-corrected chi connectivity index (χ4v) is 3.93. The van der Waals surface area contributed by atoms with Crippen LogP contribution in [0.2, 0.25) is 0 Å². The molecule has 0 radical (unpaired) electrons. The molecule has 1 nitrogen and oxygen atoms in total. The molecule has 0 amide bonds. The summed E-state index contributed by atoms with van der Waals surface area (Å²) in [6.45, 7) is 28.0. The van der Waals surface area contributed by atoms with Gasteiger partial charge in [-0.3, -0.25) is 0 Å². The lowest BCUT2D eigenvalue weighted by molar-refractivity contribution is 0.590. The molecule has 0 aliphatic heterocycles. The van der Waals surface area contributed by atoms with E-state index < -0.39 is 0 Å². The molecule has 3 rings (SSSR count). The highest BCUT2D eigenvalue weighted by atomic mass is 14.7. The summed E-state index contributed by atoms with van der Waals surface area (Å²) in [6.07, 6.45) is 1.94. The van der Waals surface area contributed by atoms with E-state index in [2.05, 4.69) is 115 Å². The zero-order valence-corrected chi connectivity index (χ0v) is 21.6. The van der Waals surface area contributed by atoms with Crippen LogP contribution in [0.1, 0.15) is 84.6 Å². The molecule has 32 heavy (non-hydrogen) atoms. The highest BCUT2D eigenvalue weighted by Gasteiger charge is 2.16. The molecular formula is C31H41N. The van der Waals surface area contributed by atoms with Gasteiger partial charge in [-0.15, -0.1) is 0 Å². The fourth-order valence-electron chi connectivity index (χ4n) is 3.93. The Balaban J connectivity index is 0.00000176. The summed E-state index contributed by atoms with van der Waals surface area (Å²) in [5, 5.41) is 2.07. The Kier molecular flexibility index (Phi) is 7.78. The second kappa shape index (κ2) is 9.77. The predicted molar refractivity (Wildman–Crippen MR) is 144 cm³/mol. The smallest absolute Gasteiger partial charge is 0.0538 e. The van der Waals surface area contributed by atoms with Crippen molar-refractivity contribution in [3.8, 4) is 11.3 Å². The third kappa shape index (κ3) is 5.33. The molecule has 170 valence electrons. The van der Waals surface area contributed by atoms with Crippen molar-refractivity contribution in [2.75, 3.05) is 0 Å². The summed E-state index contributed by atoms with van der Waals surface area (Å²) in [5.74, 6) is 0. The third-order valence-electron chi connectivity index (χ3n) is 5.92. The van der Waals surface area contributed by atoms with Gasteiger partial charge in [0.25, 0.3) is 0 Å². The first-order valence-corrected chi connectivity index (χ1v) is 11.7. The second-order valence-electron chi connectivity index (χ2n) is 10.3. The fraction of sp³-hybridized carbons (Fsp3) is 0.355. The van der Waals surface area contributed by atoms with Gasteiger partial charge < -0.3 is 4.98 Å². The van der Waals surface area contributed by atoms with Crippen molar-refractivity contribution in [2.24, 2.45) is 0 Å². The van der Waals surface area contributed by atoms with Crippen LogP contribution in [0.5, 0.6) is 0 Å². The Labute approximate surface area is 195 Å². The third-order valence-corrected chi connectivity index (χ3v) is 5.92. The normalized spacial score (nSPS) is 12.7. The topological polar surface area (TPSA) is 15.8 Å². The van der Waals surface area contributed by atoms with Crippen LogP contribution in [0.4, 0.5) is 0 Å². The minimum Gasteiger partial charge on any atom is -0.354 e. The van der Waals surface area contributed by atoms with Crippen molar-refractivity contribution < 1.29 is 0 Å². The Hall–Kier alpha value is -2.80. The van der Waals surface area contributed by atoms with E-state index in [4.69, 9.17) is 0 Å². The Morgan fingerprint density at radius 2 is 1.22 bits per heavy atom. The molecule has 1 aromatic heterocycles. The van der Waals surface area contributed by atoms with Crippen molar-refractivity contribution in [3.05, 3.63) is 87.9 Å². The molecule has 0 aliphatic rings. The molecule has 3 aromatic rings. The van der Waals surface area contributed by atoms with Gasteiger partial charge in [-0.1, -0.05) is 123 Å². The molecule has 1 heteroatoms. The van der Waals surface area contributed by atoms with E-state index in [1.165, 1.54) is 22.3 Å². The number of aromatic amines is 1. The van der Waals surface area contributed by atoms with Crippen molar-refractivity contribution in [3.63, 3.8) is 0 Å². The monoisotopic (exact) mass is 427 g/mol. The van der Waals surface area contributed by atoms with Crippen LogP contribution in [-0.2, 0) is 10.8 Å². The maximum atomic E-state index is 4.31. The lowest BCUT2D eigenvalue weighted by atomic mass is 9.86. The lowest BCUT2D eigenvalue weighted by Crippen LogP contribution is -2.25. The zero-order chi connectivity index (χ0) is 24.3. The first-order valence-electron chi connectivity index (χ1n) is 11.7. The van der Waals surface area contributed by atoms with Gasteiger partial charge in [-0.05, 0) is 45.6 Å². The molecule has 1 heterocycles. The van der Waals surface area contributed by atoms with Crippen LogP contribution in [0.15, 0.2) is 55.1 Å². The SMILES string of the molecule is C=Cc1c(-c2ccc(C(C)(C)C)cc2)[nH]c(=C)/c1=C(/C)c1ccc(C(C)(C)C)cc1.CC. The molecule has 2 aromatic carbocycles. The largest absolute Gasteiger partial charge is 0.354 e. The quantitative estimate of drug-likeness (QED) is 0.443. The summed E-state index contributed by atoms with van der Waals surface area (Å²) in [5.41, 5.74) is 8.73. The van der Waals surface area contributed by atoms with E-state index in [1.54, 1.807) is 0 Å². The molecule has 1 N–H and O–H groups in total. The van der Waals surface area contributed by atoms with Gasteiger partial charge >= 0.3 is 0 Å². The Bertz CT molecular complexity index is 1160. The molecule has 0 fully saturated rings. The van der Waals surface area contributed by atoms with Gasteiger partial charge in [0.15, 0.2) is 0 Å². The number of hydrogen-bond donors (Lipinski definition) is 1. The molecular weight excluding hydrogens is 386 g/mol. The number of H-pyrrole nitrogens is 1. The van der Waals surface area contributed by atoms with E-state index in [1.807, 2.05) is 19.9 Å². The van der Waals surface area contributed by atoms with E-state index in [0.29, 0.717) is 0 Å². The maximum Gasteiger partial charge on any atom is 0.0538 e. The minimum atomic E-state index is 0.141. The van der Waals surface area contributed by atoms with Gasteiger partial charge in [0, 0.05) is 16.1 Å². The Morgan fingerprint density at radius 3 is 1.62 bits per heavy atom. The molecule has 0 spiro atoms. The Morgan fingerprint density at radius 1 is 0.781 bits per heavy atom. The van der Waals surface area contributed by atoms with Crippen LogP contribution >= 0.6 is 0 Å². The molecule has 0 bridgehead atoms. The van der Waals surface area contributed by atoms with E-state index in [-0.39, 0.29) is 10.8 Å². The number of aromatic nitrogens is 1. The highest BCUT2D eigenvalue weighted by molar-refractivity contribution is 5.77. The molecule has 0 atom stereocenters. The van der Waals surface area contributed by atoms with Gasteiger partial charge in [0.2, 0.25) is 0 Å². The minimum absolute atomic E-state index is 0.141. The van der Waals surface area contributed by atoms with Gasteiger partial charge in [0.05, 0.1) is 5.69 Å². The standard InChI is InChI=1S/C29H35N.C2H6/c1-10-25-26(19(2)21-11-15-23(16-12-21)28(4,5)6)20(3)30-27(25)22-13-17-24(18-14-22)29(7,8)9;1-2/h10-18,30H,1,3H2,2,4-9H3;1-2H3/b26-19+;. The van der Waals surface area contributed by atoms with Gasteiger partial charge in [0.1, 0.15) is 0 Å². The van der Waals surface area contributed by atoms with Crippen LogP contribution in [0.25, 0.3) is 29.5 Å². The maximum absolute atomic E-state index is 4.31. The average Bonchev–Trinajstić information content (AvgIpc) is 3.09. The molecule has 0 aliphatic carbocycles. The van der Waals surface area contributed by atoms with Crippen molar-refractivity contribution in [2.45, 2.75) is 73.1 Å². The van der Waals surface area contributed by atoms with Crippen LogP contribution in [0.3, 0.4) is 0 Å². The summed E-state index contributed by atoms with van der Waals surface area (Å²) < 4.78 is 0. The van der Waals surface area contributed by atoms with Crippen LogP contribution in [0, 0.1) is 0 Å². The summed E-state index contributed by atoms with van der Waals surface area (Å²) in [4.78, 5) is 3.52. The molecule has 0 saturated heterocycles. The first-order chi connectivity index (χ1) is 14.9. The summed E-state index contributed by atoms with van der Waals surface area (Å²) in [6, 6.07) is 17.7. The average molecular weight is 428 g/mol. The molecule has 0 unspecified atom stereocenters. The highest BCUT2D eigenvalue weighted by Crippen LogP contribution is 2.27. The number of nitrogens with one attached hydrogen (secondary N) is 1. The lowest BCUT2D eigenvalue weighted by Gasteiger charge is -2.19. The van der Waals surface area contributed by atoms with Gasteiger partial charge in [-0.2, -0.15) is 0 Å². The number of benzene rings is 2. The summed E-state index contributed by atoms with van der Waals surface area (Å²) in [7, 11) is 0. The molecule has 0 saturated carbocycles. The number of hydrogen-bond acceptors (Lipinski definition) is 0. The first kappa shape index (κ1) is 25.5. The van der Waals surface area contributed by atoms with Crippen molar-refractivity contribution >= 4 is 18.2 Å². The summed E-state index contributed by atoms with van der Waals surface area (Å²) >= 11 is 0. The zero-order valence-electron chi connectivity index (χ0n) is 21.6. The van der Waals surface area contributed by atoms with Crippen LogP contribution < -0.4 is 10.6 Å². The van der Waals surface area contributed by atoms with Crippen LogP contribution in [-0.4, -0.2) is 4.98 Å². The van der Waals surface area contributed by atoms with Crippen molar-refractivity contribution in [1.29, 1.82) is 0 Å². The number of rotatable bonds is 3.